The van der Waals surface area contributed by atoms with Crippen LogP contribution in [0.15, 0.2) is 67.3 Å². The standard InChI is InChI=1S/C19H19N3S/c1-2-6-16(7-3-1)12-19(13-22-15-20-14-21-22)18-9-5-4-8-17(18)10-11-23-19/h1-9,14-15H,10-13H2. The van der Waals surface area contributed by atoms with Gasteiger partial charge in [-0.15, -0.1) is 11.8 Å². The summed E-state index contributed by atoms with van der Waals surface area (Å²) >= 11 is 2.06. The van der Waals surface area contributed by atoms with Gasteiger partial charge in [0.05, 0.1) is 11.3 Å². The molecule has 116 valence electrons. The summed E-state index contributed by atoms with van der Waals surface area (Å²) < 4.78 is 1.99. The molecule has 3 aromatic rings. The van der Waals surface area contributed by atoms with Crippen molar-refractivity contribution in [1.82, 2.24) is 14.8 Å². The predicted molar refractivity (Wildman–Crippen MR) is 94.5 cm³/mol. The zero-order valence-electron chi connectivity index (χ0n) is 12.9. The minimum absolute atomic E-state index is 0.0178. The van der Waals surface area contributed by atoms with E-state index in [1.165, 1.54) is 16.7 Å². The van der Waals surface area contributed by atoms with Gasteiger partial charge in [-0.05, 0) is 35.3 Å². The molecular weight excluding hydrogens is 302 g/mol. The third-order valence-corrected chi connectivity index (χ3v) is 5.93. The quantitative estimate of drug-likeness (QED) is 0.734. The predicted octanol–water partition coefficient (Wildman–Crippen LogP) is 3.71. The summed E-state index contributed by atoms with van der Waals surface area (Å²) in [6.45, 7) is 0.851. The summed E-state index contributed by atoms with van der Waals surface area (Å²) in [6.07, 6.45) is 5.60. The molecule has 0 amide bonds. The van der Waals surface area contributed by atoms with Gasteiger partial charge in [0.25, 0.3) is 0 Å². The number of aryl methyl sites for hydroxylation is 1. The summed E-state index contributed by atoms with van der Waals surface area (Å²) in [4.78, 5) is 4.12. The molecule has 1 aliphatic rings. The Bertz CT molecular complexity index is 770. The van der Waals surface area contributed by atoms with E-state index in [-0.39, 0.29) is 4.75 Å². The van der Waals surface area contributed by atoms with E-state index >= 15 is 0 Å². The Labute approximate surface area is 140 Å². The van der Waals surface area contributed by atoms with Gasteiger partial charge >= 0.3 is 0 Å². The van der Waals surface area contributed by atoms with Crippen LogP contribution in [0.3, 0.4) is 0 Å². The van der Waals surface area contributed by atoms with E-state index in [1.54, 1.807) is 6.33 Å². The first-order valence-electron chi connectivity index (χ1n) is 7.94. The minimum Gasteiger partial charge on any atom is -0.251 e. The smallest absolute Gasteiger partial charge is 0.137 e. The van der Waals surface area contributed by atoms with Crippen LogP contribution in [0.5, 0.6) is 0 Å². The highest BCUT2D eigenvalue weighted by Crippen LogP contribution is 2.46. The first kappa shape index (κ1) is 14.5. The summed E-state index contributed by atoms with van der Waals surface area (Å²) in [5.41, 5.74) is 4.30. The molecule has 4 heteroatoms. The van der Waals surface area contributed by atoms with Crippen LogP contribution in [0.25, 0.3) is 0 Å². The second-order valence-electron chi connectivity index (χ2n) is 6.01. The third-order valence-electron chi connectivity index (χ3n) is 4.47. The molecule has 0 radical (unpaired) electrons. The number of nitrogens with zero attached hydrogens (tertiary/aromatic N) is 3. The SMILES string of the molecule is c1ccc(CC2(Cn3cncn3)SCCc3ccccc32)cc1. The molecule has 2 aromatic carbocycles. The van der Waals surface area contributed by atoms with Crippen LogP contribution < -0.4 is 0 Å². The fraction of sp³-hybridized carbons (Fsp3) is 0.263. The van der Waals surface area contributed by atoms with Gasteiger partial charge < -0.3 is 0 Å². The van der Waals surface area contributed by atoms with Crippen LogP contribution in [0, 0.1) is 0 Å². The minimum atomic E-state index is 0.0178. The third kappa shape index (κ3) is 2.91. The molecule has 0 fully saturated rings. The van der Waals surface area contributed by atoms with Crippen molar-refractivity contribution < 1.29 is 0 Å². The van der Waals surface area contributed by atoms with E-state index in [0.29, 0.717) is 0 Å². The molecule has 0 N–H and O–H groups in total. The number of fused-ring (bicyclic) bond motifs is 1. The number of hydrogen-bond acceptors (Lipinski definition) is 3. The van der Waals surface area contributed by atoms with Crippen molar-refractivity contribution in [3.05, 3.63) is 83.9 Å². The fourth-order valence-corrected chi connectivity index (χ4v) is 5.01. The maximum Gasteiger partial charge on any atom is 0.137 e. The van der Waals surface area contributed by atoms with Gasteiger partial charge in [-0.2, -0.15) is 5.10 Å². The topological polar surface area (TPSA) is 30.7 Å². The van der Waals surface area contributed by atoms with Crippen molar-refractivity contribution in [3.63, 3.8) is 0 Å². The molecule has 0 aliphatic carbocycles. The lowest BCUT2D eigenvalue weighted by Crippen LogP contribution is -2.35. The van der Waals surface area contributed by atoms with Gasteiger partial charge in [0.2, 0.25) is 0 Å². The number of benzene rings is 2. The summed E-state index contributed by atoms with van der Waals surface area (Å²) in [6, 6.07) is 19.6. The van der Waals surface area contributed by atoms with Crippen molar-refractivity contribution in [2.45, 2.75) is 24.1 Å². The Morgan fingerprint density at radius 1 is 1.04 bits per heavy atom. The van der Waals surface area contributed by atoms with E-state index < -0.39 is 0 Å². The van der Waals surface area contributed by atoms with Gasteiger partial charge in [0.1, 0.15) is 12.7 Å². The molecule has 23 heavy (non-hydrogen) atoms. The second-order valence-corrected chi connectivity index (χ2v) is 7.48. The van der Waals surface area contributed by atoms with Gasteiger partial charge in [0, 0.05) is 0 Å². The maximum atomic E-state index is 4.36. The lowest BCUT2D eigenvalue weighted by Gasteiger charge is -2.38. The molecule has 1 unspecified atom stereocenters. The molecule has 3 nitrogen and oxygen atoms in total. The largest absolute Gasteiger partial charge is 0.251 e. The van der Waals surface area contributed by atoms with Gasteiger partial charge in [0.15, 0.2) is 0 Å². The van der Waals surface area contributed by atoms with Crippen LogP contribution in [0.1, 0.15) is 16.7 Å². The van der Waals surface area contributed by atoms with E-state index in [0.717, 1.165) is 25.1 Å². The Morgan fingerprint density at radius 2 is 1.87 bits per heavy atom. The molecule has 1 atom stereocenters. The van der Waals surface area contributed by atoms with Gasteiger partial charge in [-0.1, -0.05) is 54.6 Å². The molecule has 4 rings (SSSR count). The van der Waals surface area contributed by atoms with Gasteiger partial charge in [-0.25, -0.2) is 4.98 Å². The highest BCUT2D eigenvalue weighted by molar-refractivity contribution is 8.00. The molecule has 2 heterocycles. The lowest BCUT2D eigenvalue weighted by atomic mass is 9.86. The summed E-state index contributed by atoms with van der Waals surface area (Å²) in [5, 5.41) is 4.36. The molecular formula is C19H19N3S. The van der Waals surface area contributed by atoms with Crippen molar-refractivity contribution in [1.29, 1.82) is 0 Å². The van der Waals surface area contributed by atoms with Crippen LogP contribution >= 0.6 is 11.8 Å². The van der Waals surface area contributed by atoms with Crippen molar-refractivity contribution in [3.8, 4) is 0 Å². The zero-order valence-corrected chi connectivity index (χ0v) is 13.7. The van der Waals surface area contributed by atoms with E-state index in [9.17, 15) is 0 Å². The van der Waals surface area contributed by atoms with Crippen molar-refractivity contribution >= 4 is 11.8 Å². The number of rotatable bonds is 4. The first-order valence-corrected chi connectivity index (χ1v) is 8.93. The molecule has 1 aromatic heterocycles. The highest BCUT2D eigenvalue weighted by atomic mass is 32.2. The van der Waals surface area contributed by atoms with Gasteiger partial charge in [-0.3, -0.25) is 4.68 Å². The van der Waals surface area contributed by atoms with Crippen molar-refractivity contribution in [2.24, 2.45) is 0 Å². The molecule has 0 bridgehead atoms. The molecule has 1 aliphatic heterocycles. The average Bonchev–Trinajstić information content (AvgIpc) is 3.09. The number of hydrogen-bond donors (Lipinski definition) is 0. The monoisotopic (exact) mass is 321 g/mol. The van der Waals surface area contributed by atoms with E-state index in [4.69, 9.17) is 0 Å². The molecule has 0 spiro atoms. The normalized spacial score (nSPS) is 20.2. The Morgan fingerprint density at radius 3 is 2.70 bits per heavy atom. The first-order chi connectivity index (χ1) is 11.4. The summed E-state index contributed by atoms with van der Waals surface area (Å²) in [5.74, 6) is 1.15. The Kier molecular flexibility index (Phi) is 3.92. The van der Waals surface area contributed by atoms with Crippen molar-refractivity contribution in [2.75, 3.05) is 5.75 Å². The average molecular weight is 321 g/mol. The zero-order chi connectivity index (χ0) is 15.5. The second kappa shape index (κ2) is 6.20. The highest BCUT2D eigenvalue weighted by Gasteiger charge is 2.38. The summed E-state index contributed by atoms with van der Waals surface area (Å²) in [7, 11) is 0. The maximum absolute atomic E-state index is 4.36. The molecule has 0 saturated carbocycles. The Balaban J connectivity index is 1.78. The number of thioether (sulfide) groups is 1. The Hall–Kier alpha value is -2.07. The van der Waals surface area contributed by atoms with E-state index in [1.807, 2.05) is 11.0 Å². The van der Waals surface area contributed by atoms with Crippen LogP contribution in [-0.2, 0) is 24.1 Å². The van der Waals surface area contributed by atoms with Crippen LogP contribution in [-0.4, -0.2) is 20.5 Å². The van der Waals surface area contributed by atoms with Crippen LogP contribution in [0.4, 0.5) is 0 Å². The molecule has 0 saturated heterocycles. The van der Waals surface area contributed by atoms with E-state index in [2.05, 4.69) is 76.4 Å². The van der Waals surface area contributed by atoms with Crippen LogP contribution in [0.2, 0.25) is 0 Å². The number of aromatic nitrogens is 3. The fourth-order valence-electron chi connectivity index (χ4n) is 3.45. The lowest BCUT2D eigenvalue weighted by molar-refractivity contribution is 0.465.